The standard InChI is InChI=1S/C6H12O4S2/c1-5-3-11(7,8)4-6(2)12(5,9)10/h5-6H,3-4H2,1-2H3/t5-,6-/m0/s1. The van der Waals surface area contributed by atoms with Crippen LogP contribution in [0.3, 0.4) is 0 Å². The molecule has 0 aromatic heterocycles. The van der Waals surface area contributed by atoms with Crippen LogP contribution < -0.4 is 0 Å². The third kappa shape index (κ3) is 1.64. The number of rotatable bonds is 0. The fourth-order valence-electron chi connectivity index (χ4n) is 1.37. The van der Waals surface area contributed by atoms with Gasteiger partial charge in [-0.1, -0.05) is 0 Å². The van der Waals surface area contributed by atoms with E-state index in [1.54, 1.807) is 0 Å². The van der Waals surface area contributed by atoms with Crippen molar-refractivity contribution >= 4 is 19.7 Å². The van der Waals surface area contributed by atoms with Gasteiger partial charge in [-0.15, -0.1) is 0 Å². The van der Waals surface area contributed by atoms with E-state index in [1.165, 1.54) is 13.8 Å². The van der Waals surface area contributed by atoms with Crippen LogP contribution in [0.15, 0.2) is 0 Å². The Labute approximate surface area is 72.8 Å². The molecule has 0 aromatic rings. The molecule has 0 aromatic carbocycles. The summed E-state index contributed by atoms with van der Waals surface area (Å²) in [5, 5.41) is -1.49. The molecular formula is C6H12O4S2. The van der Waals surface area contributed by atoms with Crippen molar-refractivity contribution in [3.05, 3.63) is 0 Å². The summed E-state index contributed by atoms with van der Waals surface area (Å²) in [5.74, 6) is -0.445. The Morgan fingerprint density at radius 1 is 0.917 bits per heavy atom. The minimum atomic E-state index is -3.19. The number of hydrogen-bond donors (Lipinski definition) is 0. The van der Waals surface area contributed by atoms with E-state index in [0.29, 0.717) is 0 Å². The summed E-state index contributed by atoms with van der Waals surface area (Å²) in [6, 6.07) is 0. The maximum absolute atomic E-state index is 11.3. The lowest BCUT2D eigenvalue weighted by Crippen LogP contribution is -2.44. The Bertz CT molecular complexity index is 340. The average molecular weight is 212 g/mol. The summed E-state index contributed by atoms with van der Waals surface area (Å²) in [5.41, 5.74) is 0. The predicted octanol–water partition coefficient (Wildman–Crippen LogP) is -0.393. The minimum absolute atomic E-state index is 0.223. The maximum Gasteiger partial charge on any atom is 0.157 e. The van der Waals surface area contributed by atoms with E-state index in [9.17, 15) is 16.8 Å². The van der Waals surface area contributed by atoms with E-state index in [1.807, 2.05) is 0 Å². The second-order valence-corrected chi connectivity index (χ2v) is 8.23. The molecule has 1 aliphatic heterocycles. The average Bonchev–Trinajstić information content (AvgIpc) is 1.82. The van der Waals surface area contributed by atoms with E-state index < -0.39 is 30.2 Å². The van der Waals surface area contributed by atoms with Crippen LogP contribution in [0, 0.1) is 0 Å². The fourth-order valence-corrected chi connectivity index (χ4v) is 6.49. The van der Waals surface area contributed by atoms with Crippen LogP contribution in [-0.4, -0.2) is 38.8 Å². The molecule has 1 rings (SSSR count). The summed E-state index contributed by atoms with van der Waals surface area (Å²) in [7, 11) is -6.32. The van der Waals surface area contributed by atoms with Crippen LogP contribution in [0.1, 0.15) is 13.8 Å². The van der Waals surface area contributed by atoms with Gasteiger partial charge in [0.15, 0.2) is 19.7 Å². The zero-order valence-corrected chi connectivity index (χ0v) is 8.65. The molecule has 0 aliphatic carbocycles. The molecule has 0 amide bonds. The van der Waals surface area contributed by atoms with Gasteiger partial charge in [0.05, 0.1) is 22.0 Å². The van der Waals surface area contributed by atoms with E-state index >= 15 is 0 Å². The quantitative estimate of drug-likeness (QED) is 0.548. The van der Waals surface area contributed by atoms with Crippen LogP contribution in [0.25, 0.3) is 0 Å². The molecule has 0 N–H and O–H groups in total. The smallest absolute Gasteiger partial charge is 0.157 e. The SMILES string of the molecule is C[C@H]1CS(=O)(=O)C[C@H](C)S1(=O)=O. The number of sulfone groups is 2. The van der Waals surface area contributed by atoms with Crippen molar-refractivity contribution in [3.8, 4) is 0 Å². The molecule has 4 nitrogen and oxygen atoms in total. The van der Waals surface area contributed by atoms with Gasteiger partial charge >= 0.3 is 0 Å². The molecular weight excluding hydrogens is 200 g/mol. The maximum atomic E-state index is 11.3. The zero-order chi connectivity index (χ0) is 9.57. The van der Waals surface area contributed by atoms with E-state index in [2.05, 4.69) is 0 Å². The molecule has 1 heterocycles. The van der Waals surface area contributed by atoms with Gasteiger partial charge < -0.3 is 0 Å². The molecule has 1 saturated heterocycles. The third-order valence-corrected chi connectivity index (χ3v) is 7.11. The largest absolute Gasteiger partial charge is 0.229 e. The lowest BCUT2D eigenvalue weighted by atomic mass is 10.5. The van der Waals surface area contributed by atoms with Crippen LogP contribution in [0.5, 0.6) is 0 Å². The van der Waals surface area contributed by atoms with Gasteiger partial charge in [0, 0.05) is 0 Å². The van der Waals surface area contributed by atoms with Gasteiger partial charge in [-0.2, -0.15) is 0 Å². The first kappa shape index (κ1) is 9.98. The fraction of sp³-hybridized carbons (Fsp3) is 1.00. The summed E-state index contributed by atoms with van der Waals surface area (Å²) in [6.45, 7) is 2.89. The van der Waals surface area contributed by atoms with E-state index in [0.717, 1.165) is 0 Å². The molecule has 0 spiro atoms. The van der Waals surface area contributed by atoms with Crippen LogP contribution in [0.4, 0.5) is 0 Å². The first-order valence-electron chi connectivity index (χ1n) is 3.69. The summed E-state index contributed by atoms with van der Waals surface area (Å²) in [6.07, 6.45) is 0. The van der Waals surface area contributed by atoms with Crippen molar-refractivity contribution in [2.45, 2.75) is 24.3 Å². The molecule has 0 unspecified atom stereocenters. The van der Waals surface area contributed by atoms with Crippen molar-refractivity contribution in [1.82, 2.24) is 0 Å². The Balaban J connectivity index is 3.10. The van der Waals surface area contributed by atoms with Crippen molar-refractivity contribution in [3.63, 3.8) is 0 Å². The molecule has 0 bridgehead atoms. The molecule has 1 fully saturated rings. The predicted molar refractivity (Wildman–Crippen MR) is 46.5 cm³/mol. The van der Waals surface area contributed by atoms with Gasteiger partial charge in [0.25, 0.3) is 0 Å². The van der Waals surface area contributed by atoms with Crippen molar-refractivity contribution in [1.29, 1.82) is 0 Å². The van der Waals surface area contributed by atoms with Crippen molar-refractivity contribution < 1.29 is 16.8 Å². The Kier molecular flexibility index (Phi) is 2.24. The minimum Gasteiger partial charge on any atom is -0.229 e. The molecule has 2 atom stereocenters. The van der Waals surface area contributed by atoms with Gasteiger partial charge in [-0.25, -0.2) is 16.8 Å². The molecule has 1 aliphatic rings. The molecule has 6 heteroatoms. The Morgan fingerprint density at radius 2 is 1.25 bits per heavy atom. The van der Waals surface area contributed by atoms with Crippen LogP contribution in [-0.2, 0) is 19.7 Å². The summed E-state index contributed by atoms with van der Waals surface area (Å²) >= 11 is 0. The topological polar surface area (TPSA) is 68.3 Å². The van der Waals surface area contributed by atoms with Crippen molar-refractivity contribution in [2.75, 3.05) is 11.5 Å². The lowest BCUT2D eigenvalue weighted by molar-refractivity contribution is 0.558. The first-order valence-corrected chi connectivity index (χ1v) is 7.12. The number of hydrogen-bond acceptors (Lipinski definition) is 4. The van der Waals surface area contributed by atoms with E-state index in [-0.39, 0.29) is 11.5 Å². The second kappa shape index (κ2) is 2.70. The highest BCUT2D eigenvalue weighted by atomic mass is 32.2. The molecule has 0 saturated carbocycles. The van der Waals surface area contributed by atoms with Gasteiger partial charge in [-0.05, 0) is 13.8 Å². The highest BCUT2D eigenvalue weighted by molar-refractivity contribution is 7.99. The first-order chi connectivity index (χ1) is 5.26. The van der Waals surface area contributed by atoms with Gasteiger partial charge in [-0.3, -0.25) is 0 Å². The molecule has 12 heavy (non-hydrogen) atoms. The zero-order valence-electron chi connectivity index (χ0n) is 7.02. The monoisotopic (exact) mass is 212 g/mol. The third-order valence-electron chi connectivity index (χ3n) is 2.10. The Morgan fingerprint density at radius 3 is 1.58 bits per heavy atom. The van der Waals surface area contributed by atoms with Crippen LogP contribution >= 0.6 is 0 Å². The Hall–Kier alpha value is -0.100. The van der Waals surface area contributed by atoms with Crippen molar-refractivity contribution in [2.24, 2.45) is 0 Å². The summed E-state index contributed by atoms with van der Waals surface area (Å²) < 4.78 is 44.9. The van der Waals surface area contributed by atoms with Crippen LogP contribution in [0.2, 0.25) is 0 Å². The summed E-state index contributed by atoms with van der Waals surface area (Å²) in [4.78, 5) is 0. The van der Waals surface area contributed by atoms with Gasteiger partial charge in [0.1, 0.15) is 0 Å². The highest BCUT2D eigenvalue weighted by Crippen LogP contribution is 2.19. The normalized spacial score (nSPS) is 39.2. The van der Waals surface area contributed by atoms with Gasteiger partial charge in [0.2, 0.25) is 0 Å². The molecule has 72 valence electrons. The lowest BCUT2D eigenvalue weighted by Gasteiger charge is -2.24. The highest BCUT2D eigenvalue weighted by Gasteiger charge is 2.39. The second-order valence-electron chi connectivity index (χ2n) is 3.29. The van der Waals surface area contributed by atoms with E-state index in [4.69, 9.17) is 0 Å². The molecule has 0 radical (unpaired) electrons.